The first-order valence-corrected chi connectivity index (χ1v) is 5.94. The normalized spacial score (nSPS) is 10.6. The minimum atomic E-state index is 0.123. The van der Waals surface area contributed by atoms with Crippen molar-refractivity contribution in [2.45, 2.75) is 40.2 Å². The molecule has 0 radical (unpaired) electrons. The average molecular weight is 219 g/mol. The predicted molar refractivity (Wildman–Crippen MR) is 69.2 cm³/mol. The second-order valence-corrected chi connectivity index (χ2v) is 4.39. The van der Waals surface area contributed by atoms with Crippen LogP contribution in [0.15, 0.2) is 24.3 Å². The molecule has 1 aromatic rings. The maximum absolute atomic E-state index is 11.2. The van der Waals surface area contributed by atoms with Gasteiger partial charge in [-0.25, -0.2) is 0 Å². The summed E-state index contributed by atoms with van der Waals surface area (Å²) in [6, 6.07) is 8.37. The van der Waals surface area contributed by atoms with E-state index in [1.54, 1.807) is 6.92 Å². The highest BCUT2D eigenvalue weighted by molar-refractivity contribution is 5.94. The number of Topliss-reactive ketones (excluding diaryl/α,β-unsaturated/α-hetero) is 1. The molecule has 0 spiro atoms. The molecule has 0 aliphatic heterocycles. The number of hydrogen-bond acceptors (Lipinski definition) is 2. The van der Waals surface area contributed by atoms with Crippen LogP contribution >= 0.6 is 0 Å². The van der Waals surface area contributed by atoms with Crippen LogP contribution in [0.4, 0.5) is 5.69 Å². The van der Waals surface area contributed by atoms with Crippen LogP contribution in [0.2, 0.25) is 0 Å². The van der Waals surface area contributed by atoms with E-state index >= 15 is 0 Å². The Kier molecular flexibility index (Phi) is 4.53. The van der Waals surface area contributed by atoms with Gasteiger partial charge in [0.05, 0.1) is 0 Å². The molecule has 0 aliphatic carbocycles. The van der Waals surface area contributed by atoms with Crippen molar-refractivity contribution in [3.05, 3.63) is 29.8 Å². The van der Waals surface area contributed by atoms with Crippen LogP contribution in [0.1, 0.15) is 44.5 Å². The molecule has 2 heteroatoms. The lowest BCUT2D eigenvalue weighted by Crippen LogP contribution is -2.31. The highest BCUT2D eigenvalue weighted by atomic mass is 16.1. The minimum absolute atomic E-state index is 0.123. The van der Waals surface area contributed by atoms with E-state index in [2.05, 4.69) is 25.7 Å². The molecule has 0 saturated carbocycles. The number of anilines is 1. The summed E-state index contributed by atoms with van der Waals surface area (Å²) in [5, 5.41) is 0. The van der Waals surface area contributed by atoms with Crippen molar-refractivity contribution >= 4 is 11.5 Å². The average Bonchev–Trinajstić information content (AvgIpc) is 2.25. The standard InChI is InChI=1S/C14H21NO/c1-5-10-15(11(2)3)14-8-6-13(7-9-14)12(4)16/h6-9,11H,5,10H2,1-4H3. The third kappa shape index (κ3) is 3.09. The van der Waals surface area contributed by atoms with Crippen molar-refractivity contribution in [2.24, 2.45) is 0 Å². The zero-order valence-electron chi connectivity index (χ0n) is 10.7. The van der Waals surface area contributed by atoms with Crippen molar-refractivity contribution in [1.82, 2.24) is 0 Å². The zero-order chi connectivity index (χ0) is 12.1. The van der Waals surface area contributed by atoms with Crippen LogP contribution < -0.4 is 4.90 Å². The van der Waals surface area contributed by atoms with Gasteiger partial charge in [-0.1, -0.05) is 6.92 Å². The van der Waals surface area contributed by atoms with Crippen LogP contribution in [0, 0.1) is 0 Å². The summed E-state index contributed by atoms with van der Waals surface area (Å²) < 4.78 is 0. The van der Waals surface area contributed by atoms with E-state index in [-0.39, 0.29) is 5.78 Å². The van der Waals surface area contributed by atoms with Crippen molar-refractivity contribution in [3.8, 4) is 0 Å². The van der Waals surface area contributed by atoms with E-state index in [9.17, 15) is 4.79 Å². The van der Waals surface area contributed by atoms with Gasteiger partial charge in [0.25, 0.3) is 0 Å². The molecular formula is C14H21NO. The molecule has 0 atom stereocenters. The van der Waals surface area contributed by atoms with Gasteiger partial charge in [-0.05, 0) is 51.5 Å². The molecular weight excluding hydrogens is 198 g/mol. The van der Waals surface area contributed by atoms with Gasteiger partial charge in [-0.3, -0.25) is 4.79 Å². The van der Waals surface area contributed by atoms with E-state index in [4.69, 9.17) is 0 Å². The Bertz CT molecular complexity index is 340. The fourth-order valence-electron chi connectivity index (χ4n) is 1.81. The van der Waals surface area contributed by atoms with E-state index in [0.717, 1.165) is 18.5 Å². The predicted octanol–water partition coefficient (Wildman–Crippen LogP) is 3.51. The molecule has 0 bridgehead atoms. The monoisotopic (exact) mass is 219 g/mol. The number of carbonyl (C=O) groups is 1. The maximum Gasteiger partial charge on any atom is 0.159 e. The Balaban J connectivity index is 2.89. The third-order valence-corrected chi connectivity index (χ3v) is 2.69. The van der Waals surface area contributed by atoms with Crippen LogP contribution in [0.25, 0.3) is 0 Å². The molecule has 88 valence electrons. The van der Waals surface area contributed by atoms with Gasteiger partial charge in [0, 0.05) is 23.8 Å². The van der Waals surface area contributed by atoms with Gasteiger partial charge >= 0.3 is 0 Å². The summed E-state index contributed by atoms with van der Waals surface area (Å²) in [7, 11) is 0. The molecule has 0 amide bonds. The fourth-order valence-corrected chi connectivity index (χ4v) is 1.81. The summed E-state index contributed by atoms with van der Waals surface area (Å²) in [6.07, 6.45) is 1.13. The quantitative estimate of drug-likeness (QED) is 0.706. The van der Waals surface area contributed by atoms with Crippen molar-refractivity contribution in [2.75, 3.05) is 11.4 Å². The fraction of sp³-hybridized carbons (Fsp3) is 0.500. The molecule has 16 heavy (non-hydrogen) atoms. The molecule has 0 unspecified atom stereocenters. The van der Waals surface area contributed by atoms with Gasteiger partial charge in [-0.2, -0.15) is 0 Å². The van der Waals surface area contributed by atoms with Crippen molar-refractivity contribution in [1.29, 1.82) is 0 Å². The SMILES string of the molecule is CCCN(c1ccc(C(C)=O)cc1)C(C)C. The minimum Gasteiger partial charge on any atom is -0.369 e. The Morgan fingerprint density at radius 1 is 1.25 bits per heavy atom. The second-order valence-electron chi connectivity index (χ2n) is 4.39. The molecule has 1 aromatic carbocycles. The zero-order valence-corrected chi connectivity index (χ0v) is 10.7. The van der Waals surface area contributed by atoms with Crippen molar-refractivity contribution < 1.29 is 4.79 Å². The molecule has 0 N–H and O–H groups in total. The summed E-state index contributed by atoms with van der Waals surface area (Å²) in [5.74, 6) is 0.123. The van der Waals surface area contributed by atoms with E-state index in [0.29, 0.717) is 6.04 Å². The van der Waals surface area contributed by atoms with E-state index < -0.39 is 0 Å². The summed E-state index contributed by atoms with van der Waals surface area (Å²) in [4.78, 5) is 13.5. The number of nitrogens with zero attached hydrogens (tertiary/aromatic N) is 1. The van der Waals surface area contributed by atoms with Gasteiger partial charge in [0.15, 0.2) is 5.78 Å². The van der Waals surface area contributed by atoms with Crippen LogP contribution in [0.3, 0.4) is 0 Å². The lowest BCUT2D eigenvalue weighted by Gasteiger charge is -2.28. The number of ketones is 1. The third-order valence-electron chi connectivity index (χ3n) is 2.69. The van der Waals surface area contributed by atoms with Gasteiger partial charge < -0.3 is 4.90 Å². The smallest absolute Gasteiger partial charge is 0.159 e. The first-order chi connectivity index (χ1) is 7.56. The van der Waals surface area contributed by atoms with Crippen LogP contribution in [0.5, 0.6) is 0 Å². The Morgan fingerprint density at radius 3 is 2.19 bits per heavy atom. The lowest BCUT2D eigenvalue weighted by atomic mass is 10.1. The molecule has 1 rings (SSSR count). The molecule has 0 heterocycles. The Hall–Kier alpha value is -1.31. The Labute approximate surface area is 98.3 Å². The molecule has 2 nitrogen and oxygen atoms in total. The molecule has 0 aromatic heterocycles. The highest BCUT2D eigenvalue weighted by Gasteiger charge is 2.09. The van der Waals surface area contributed by atoms with Gasteiger partial charge in [0.2, 0.25) is 0 Å². The van der Waals surface area contributed by atoms with Crippen molar-refractivity contribution in [3.63, 3.8) is 0 Å². The lowest BCUT2D eigenvalue weighted by molar-refractivity contribution is 0.101. The van der Waals surface area contributed by atoms with Gasteiger partial charge in [0.1, 0.15) is 0 Å². The summed E-state index contributed by atoms with van der Waals surface area (Å²) in [6.45, 7) is 9.21. The molecule has 0 aliphatic rings. The Morgan fingerprint density at radius 2 is 1.81 bits per heavy atom. The van der Waals surface area contributed by atoms with Crippen LogP contribution in [-0.2, 0) is 0 Å². The number of rotatable bonds is 5. The number of carbonyl (C=O) groups excluding carboxylic acids is 1. The van der Waals surface area contributed by atoms with Crippen LogP contribution in [-0.4, -0.2) is 18.4 Å². The van der Waals surface area contributed by atoms with Gasteiger partial charge in [-0.15, -0.1) is 0 Å². The number of hydrogen-bond donors (Lipinski definition) is 0. The maximum atomic E-state index is 11.2. The molecule has 0 saturated heterocycles. The molecule has 0 fully saturated rings. The first kappa shape index (κ1) is 12.8. The summed E-state index contributed by atoms with van der Waals surface area (Å²) in [5.41, 5.74) is 1.98. The highest BCUT2D eigenvalue weighted by Crippen LogP contribution is 2.18. The number of benzene rings is 1. The first-order valence-electron chi connectivity index (χ1n) is 5.94. The summed E-state index contributed by atoms with van der Waals surface area (Å²) >= 11 is 0. The topological polar surface area (TPSA) is 20.3 Å². The van der Waals surface area contributed by atoms with E-state index in [1.807, 2.05) is 24.3 Å². The second kappa shape index (κ2) is 5.69. The van der Waals surface area contributed by atoms with E-state index in [1.165, 1.54) is 5.69 Å². The largest absolute Gasteiger partial charge is 0.369 e.